The molecular weight excluding hydrogens is 514 g/mol. The second kappa shape index (κ2) is 9.28. The van der Waals surface area contributed by atoms with Gasteiger partial charge in [-0.1, -0.05) is 39.7 Å². The second-order valence-corrected chi connectivity index (χ2v) is 8.62. The van der Waals surface area contributed by atoms with Gasteiger partial charge in [0.1, 0.15) is 11.3 Å². The first-order valence-electron chi connectivity index (χ1n) is 9.47. The summed E-state index contributed by atoms with van der Waals surface area (Å²) in [5, 5.41) is 6.36. The van der Waals surface area contributed by atoms with E-state index in [9.17, 15) is 4.79 Å². The van der Waals surface area contributed by atoms with Gasteiger partial charge in [-0.05, 0) is 67.2 Å². The first-order chi connectivity index (χ1) is 15.4. The van der Waals surface area contributed by atoms with Gasteiger partial charge in [0, 0.05) is 10.2 Å². The van der Waals surface area contributed by atoms with Crippen molar-refractivity contribution in [3.05, 3.63) is 75.2 Å². The van der Waals surface area contributed by atoms with Crippen molar-refractivity contribution in [2.75, 3.05) is 12.4 Å². The molecule has 1 amide bonds. The third-order valence-corrected chi connectivity index (χ3v) is 5.72. The summed E-state index contributed by atoms with van der Waals surface area (Å²) in [6.45, 7) is 1.87. The lowest BCUT2D eigenvalue weighted by Gasteiger charge is -2.13. The largest absolute Gasteiger partial charge is 0.496 e. The topological polar surface area (TPSA) is 76.4 Å². The number of carbonyl (C=O) groups excluding carboxylic acids is 1. The lowest BCUT2D eigenvalue weighted by molar-refractivity contribution is 0.0974. The maximum atomic E-state index is 12.6. The average molecular weight is 531 g/mol. The van der Waals surface area contributed by atoms with E-state index in [0.29, 0.717) is 44.6 Å². The van der Waals surface area contributed by atoms with Gasteiger partial charge >= 0.3 is 0 Å². The maximum Gasteiger partial charge on any atom is 0.261 e. The Kier molecular flexibility index (Phi) is 6.45. The number of halogens is 2. The zero-order chi connectivity index (χ0) is 22.8. The highest BCUT2D eigenvalue weighted by molar-refractivity contribution is 9.10. The molecule has 0 saturated heterocycles. The lowest BCUT2D eigenvalue weighted by Crippen LogP contribution is -2.34. The molecule has 1 aromatic heterocycles. The van der Waals surface area contributed by atoms with Crippen LogP contribution in [0.3, 0.4) is 0 Å². The van der Waals surface area contributed by atoms with Crippen LogP contribution in [0.15, 0.2) is 63.5 Å². The third-order valence-electron chi connectivity index (χ3n) is 4.69. The van der Waals surface area contributed by atoms with E-state index in [0.717, 1.165) is 10.0 Å². The number of fused-ring (bicyclic) bond motifs is 1. The first-order valence-corrected chi connectivity index (χ1v) is 11.1. The molecule has 4 rings (SSSR count). The van der Waals surface area contributed by atoms with Gasteiger partial charge in [0.15, 0.2) is 10.7 Å². The highest BCUT2D eigenvalue weighted by Gasteiger charge is 2.16. The van der Waals surface area contributed by atoms with Crippen molar-refractivity contribution in [1.82, 2.24) is 10.3 Å². The molecule has 9 heteroatoms. The minimum absolute atomic E-state index is 0.150. The van der Waals surface area contributed by atoms with E-state index in [1.165, 1.54) is 7.11 Å². The van der Waals surface area contributed by atoms with Crippen molar-refractivity contribution in [2.45, 2.75) is 6.92 Å². The number of aromatic nitrogens is 1. The fourth-order valence-electron chi connectivity index (χ4n) is 3.22. The number of methoxy groups -OCH3 is 1. The van der Waals surface area contributed by atoms with Crippen LogP contribution in [0.4, 0.5) is 5.69 Å². The molecule has 2 N–H and O–H groups in total. The van der Waals surface area contributed by atoms with Crippen LogP contribution in [0.1, 0.15) is 15.9 Å². The predicted octanol–water partition coefficient (Wildman–Crippen LogP) is 6.35. The van der Waals surface area contributed by atoms with Crippen molar-refractivity contribution in [3.63, 3.8) is 0 Å². The quantitative estimate of drug-likeness (QED) is 0.299. The van der Waals surface area contributed by atoms with Crippen LogP contribution < -0.4 is 15.4 Å². The fourth-order valence-corrected chi connectivity index (χ4v) is 3.99. The standard InChI is InChI=1S/C23H17BrClN3O3S/c1-12-4-3-5-15(20(12)30-2)21(29)28-23(32)26-14-7-9-19-18(11-14)27-22(31-19)16-10-13(24)6-8-17(16)25/h3-11H,1-2H3,(H2,26,28,29,32). The number of thiocarbonyl (C=S) groups is 1. The number of anilines is 1. The molecule has 0 bridgehead atoms. The number of oxazole rings is 1. The Hall–Kier alpha value is -2.94. The molecule has 0 fully saturated rings. The number of aryl methyl sites for hydroxylation is 1. The normalized spacial score (nSPS) is 10.8. The zero-order valence-electron chi connectivity index (χ0n) is 17.0. The van der Waals surface area contributed by atoms with E-state index in [2.05, 4.69) is 31.5 Å². The van der Waals surface area contributed by atoms with Gasteiger partial charge in [0.2, 0.25) is 5.89 Å². The van der Waals surface area contributed by atoms with E-state index in [-0.39, 0.29) is 11.0 Å². The summed E-state index contributed by atoms with van der Waals surface area (Å²) >= 11 is 15.0. The lowest BCUT2D eigenvalue weighted by atomic mass is 10.1. The van der Waals surface area contributed by atoms with Crippen molar-refractivity contribution in [3.8, 4) is 17.2 Å². The molecule has 0 radical (unpaired) electrons. The Bertz CT molecular complexity index is 1360. The van der Waals surface area contributed by atoms with Gasteiger partial charge < -0.3 is 14.5 Å². The molecule has 0 unspecified atom stereocenters. The average Bonchev–Trinajstić information content (AvgIpc) is 3.18. The molecule has 3 aromatic carbocycles. The molecule has 0 saturated carbocycles. The van der Waals surface area contributed by atoms with Crippen molar-refractivity contribution in [1.29, 1.82) is 0 Å². The number of carbonyl (C=O) groups is 1. The molecule has 0 atom stereocenters. The smallest absolute Gasteiger partial charge is 0.261 e. The number of nitrogens with zero attached hydrogens (tertiary/aromatic N) is 1. The van der Waals surface area contributed by atoms with Gasteiger partial charge in [0.05, 0.1) is 23.3 Å². The number of hydrogen-bond donors (Lipinski definition) is 2. The Labute approximate surface area is 203 Å². The van der Waals surface area contributed by atoms with E-state index >= 15 is 0 Å². The van der Waals surface area contributed by atoms with Gasteiger partial charge in [-0.25, -0.2) is 4.98 Å². The number of rotatable bonds is 4. The van der Waals surface area contributed by atoms with Crippen molar-refractivity contribution >= 4 is 67.6 Å². The second-order valence-electron chi connectivity index (χ2n) is 6.89. The zero-order valence-corrected chi connectivity index (χ0v) is 20.2. The molecule has 0 aliphatic rings. The molecule has 32 heavy (non-hydrogen) atoms. The first kappa shape index (κ1) is 22.3. The molecular formula is C23H17BrClN3O3S. The molecule has 0 aliphatic carbocycles. The summed E-state index contributed by atoms with van der Waals surface area (Å²) in [5.41, 5.74) is 3.81. The van der Waals surface area contributed by atoms with E-state index in [1.54, 1.807) is 36.4 Å². The van der Waals surface area contributed by atoms with E-state index in [1.807, 2.05) is 25.1 Å². The summed E-state index contributed by atoms with van der Waals surface area (Å²) in [4.78, 5) is 17.2. The third kappa shape index (κ3) is 4.62. The number of ether oxygens (including phenoxy) is 1. The van der Waals surface area contributed by atoms with E-state index < -0.39 is 0 Å². The van der Waals surface area contributed by atoms with Crippen LogP contribution in [-0.2, 0) is 0 Å². The van der Waals surface area contributed by atoms with Crippen LogP contribution in [0.5, 0.6) is 5.75 Å². The number of hydrogen-bond acceptors (Lipinski definition) is 5. The monoisotopic (exact) mass is 529 g/mol. The number of amides is 1. The molecule has 4 aromatic rings. The Morgan fingerprint density at radius 1 is 1.19 bits per heavy atom. The summed E-state index contributed by atoms with van der Waals surface area (Å²) in [5.74, 6) is 0.554. The molecule has 1 heterocycles. The van der Waals surface area contributed by atoms with Gasteiger partial charge in [0.25, 0.3) is 5.91 Å². The molecule has 0 aliphatic heterocycles. The Morgan fingerprint density at radius 3 is 2.78 bits per heavy atom. The van der Waals surface area contributed by atoms with Crippen LogP contribution in [0.25, 0.3) is 22.6 Å². The van der Waals surface area contributed by atoms with Crippen molar-refractivity contribution < 1.29 is 13.9 Å². The fraction of sp³-hybridized carbons (Fsp3) is 0.0870. The highest BCUT2D eigenvalue weighted by Crippen LogP contribution is 2.33. The number of para-hydroxylation sites is 1. The van der Waals surface area contributed by atoms with Crippen LogP contribution in [-0.4, -0.2) is 23.1 Å². The van der Waals surface area contributed by atoms with Crippen LogP contribution >= 0.6 is 39.7 Å². The van der Waals surface area contributed by atoms with Crippen LogP contribution in [0, 0.1) is 6.92 Å². The summed E-state index contributed by atoms with van der Waals surface area (Å²) < 4.78 is 12.1. The molecule has 6 nitrogen and oxygen atoms in total. The van der Waals surface area contributed by atoms with Gasteiger partial charge in [-0.2, -0.15) is 0 Å². The van der Waals surface area contributed by atoms with Crippen molar-refractivity contribution in [2.24, 2.45) is 0 Å². The minimum atomic E-state index is -0.364. The Balaban J connectivity index is 1.52. The summed E-state index contributed by atoms with van der Waals surface area (Å²) in [6, 6.07) is 16.1. The Morgan fingerprint density at radius 2 is 2.00 bits per heavy atom. The predicted molar refractivity (Wildman–Crippen MR) is 134 cm³/mol. The van der Waals surface area contributed by atoms with Gasteiger partial charge in [-0.15, -0.1) is 0 Å². The number of nitrogens with one attached hydrogen (secondary N) is 2. The van der Waals surface area contributed by atoms with E-state index in [4.69, 9.17) is 33.0 Å². The van der Waals surface area contributed by atoms with Crippen LogP contribution in [0.2, 0.25) is 5.02 Å². The highest BCUT2D eigenvalue weighted by atomic mass is 79.9. The maximum absolute atomic E-state index is 12.6. The summed E-state index contributed by atoms with van der Waals surface area (Å²) in [6.07, 6.45) is 0. The SMILES string of the molecule is COc1c(C)cccc1C(=O)NC(=S)Nc1ccc2oc(-c3cc(Br)ccc3Cl)nc2c1. The molecule has 162 valence electrons. The minimum Gasteiger partial charge on any atom is -0.496 e. The molecule has 0 spiro atoms. The van der Waals surface area contributed by atoms with Gasteiger partial charge in [-0.3, -0.25) is 10.1 Å². The number of benzene rings is 3. The summed E-state index contributed by atoms with van der Waals surface area (Å²) in [7, 11) is 1.53.